The molecule has 2 saturated heterocycles. The summed E-state index contributed by atoms with van der Waals surface area (Å²) >= 11 is 0. The number of aromatic nitrogens is 2. The summed E-state index contributed by atoms with van der Waals surface area (Å²) in [5, 5.41) is 10.5. The van der Waals surface area contributed by atoms with Gasteiger partial charge < -0.3 is 10.2 Å². The molecule has 3 rings (SSSR count). The maximum atomic E-state index is 12.1. The van der Waals surface area contributed by atoms with Crippen LogP contribution < -0.4 is 10.6 Å². The van der Waals surface area contributed by atoms with Crippen LogP contribution in [0.3, 0.4) is 0 Å². The molecule has 2 N–H and O–H groups in total. The Morgan fingerprint density at radius 2 is 2.11 bits per heavy atom. The lowest BCUT2D eigenvalue weighted by Crippen LogP contribution is -2.45. The first-order chi connectivity index (χ1) is 8.84. The first-order valence-corrected chi connectivity index (χ1v) is 6.65. The van der Waals surface area contributed by atoms with E-state index in [1.807, 2.05) is 15.6 Å². The second-order valence-electron chi connectivity index (χ2n) is 4.95. The van der Waals surface area contributed by atoms with Crippen LogP contribution in [0, 0.1) is 0 Å². The Kier molecular flexibility index (Phi) is 3.19. The van der Waals surface area contributed by atoms with Crippen molar-refractivity contribution in [1.29, 1.82) is 0 Å². The molecule has 0 radical (unpaired) electrons. The highest BCUT2D eigenvalue weighted by molar-refractivity contribution is 5.88. The van der Waals surface area contributed by atoms with E-state index >= 15 is 0 Å². The average molecular weight is 249 g/mol. The van der Waals surface area contributed by atoms with Crippen molar-refractivity contribution in [3.63, 3.8) is 0 Å². The van der Waals surface area contributed by atoms with Gasteiger partial charge in [-0.25, -0.2) is 9.48 Å². The molecule has 0 saturated carbocycles. The lowest BCUT2D eigenvalue weighted by Gasteiger charge is -2.30. The second-order valence-corrected chi connectivity index (χ2v) is 4.95. The Balaban J connectivity index is 1.64. The third-order valence-corrected chi connectivity index (χ3v) is 3.65. The standard InChI is InChI=1S/C12H19N5O/c18-12(16-6-2-1-3-7-16)15-11-4-5-14-17(11)10-8-13-9-10/h4-5,10,13H,1-3,6-9H2,(H,15,18). The summed E-state index contributed by atoms with van der Waals surface area (Å²) < 4.78 is 1.90. The second kappa shape index (κ2) is 4.97. The van der Waals surface area contributed by atoms with E-state index in [0.717, 1.165) is 44.8 Å². The van der Waals surface area contributed by atoms with Gasteiger partial charge >= 0.3 is 6.03 Å². The Morgan fingerprint density at radius 1 is 1.33 bits per heavy atom. The van der Waals surface area contributed by atoms with Crippen LogP contribution in [0.2, 0.25) is 0 Å². The molecule has 98 valence electrons. The summed E-state index contributed by atoms with van der Waals surface area (Å²) in [7, 11) is 0. The molecule has 0 spiro atoms. The lowest BCUT2D eigenvalue weighted by atomic mass is 10.1. The first kappa shape index (κ1) is 11.5. The van der Waals surface area contributed by atoms with Crippen molar-refractivity contribution in [1.82, 2.24) is 20.0 Å². The monoisotopic (exact) mass is 249 g/mol. The van der Waals surface area contributed by atoms with Gasteiger partial charge in [0.25, 0.3) is 0 Å². The van der Waals surface area contributed by atoms with E-state index in [0.29, 0.717) is 6.04 Å². The van der Waals surface area contributed by atoms with Crippen molar-refractivity contribution < 1.29 is 4.79 Å². The average Bonchev–Trinajstić information content (AvgIpc) is 2.76. The molecule has 1 aromatic rings. The number of anilines is 1. The van der Waals surface area contributed by atoms with Crippen LogP contribution in [-0.4, -0.2) is 46.9 Å². The fourth-order valence-corrected chi connectivity index (χ4v) is 2.44. The molecule has 0 aliphatic carbocycles. The summed E-state index contributed by atoms with van der Waals surface area (Å²) in [5.41, 5.74) is 0. The van der Waals surface area contributed by atoms with Crippen LogP contribution in [0.1, 0.15) is 25.3 Å². The molecule has 2 aliphatic rings. The van der Waals surface area contributed by atoms with Gasteiger partial charge in [-0.05, 0) is 19.3 Å². The van der Waals surface area contributed by atoms with Crippen LogP contribution in [0.4, 0.5) is 10.6 Å². The minimum Gasteiger partial charge on any atom is -0.325 e. The molecular weight excluding hydrogens is 230 g/mol. The third-order valence-electron chi connectivity index (χ3n) is 3.65. The van der Waals surface area contributed by atoms with E-state index in [4.69, 9.17) is 0 Å². The lowest BCUT2D eigenvalue weighted by molar-refractivity contribution is 0.199. The molecule has 0 atom stereocenters. The summed E-state index contributed by atoms with van der Waals surface area (Å²) in [4.78, 5) is 14.0. The number of urea groups is 1. The van der Waals surface area contributed by atoms with Crippen LogP contribution >= 0.6 is 0 Å². The molecule has 6 nitrogen and oxygen atoms in total. The van der Waals surface area contributed by atoms with Gasteiger partial charge in [0.1, 0.15) is 5.82 Å². The van der Waals surface area contributed by atoms with Gasteiger partial charge in [-0.1, -0.05) is 0 Å². The fraction of sp³-hybridized carbons (Fsp3) is 0.667. The van der Waals surface area contributed by atoms with Gasteiger partial charge in [0.15, 0.2) is 0 Å². The molecule has 2 aliphatic heterocycles. The number of nitrogens with zero attached hydrogens (tertiary/aromatic N) is 3. The largest absolute Gasteiger partial charge is 0.325 e. The van der Waals surface area contributed by atoms with Crippen molar-refractivity contribution in [3.05, 3.63) is 12.3 Å². The van der Waals surface area contributed by atoms with E-state index in [1.54, 1.807) is 6.20 Å². The zero-order valence-electron chi connectivity index (χ0n) is 10.4. The molecule has 6 heteroatoms. The van der Waals surface area contributed by atoms with E-state index < -0.39 is 0 Å². The molecule has 0 unspecified atom stereocenters. The SMILES string of the molecule is O=C(Nc1ccnn1C1CNC1)N1CCCCC1. The molecule has 0 aromatic carbocycles. The fourth-order valence-electron chi connectivity index (χ4n) is 2.44. The van der Waals surface area contributed by atoms with Gasteiger partial charge in [-0.2, -0.15) is 5.10 Å². The molecule has 2 amide bonds. The number of hydrogen-bond donors (Lipinski definition) is 2. The van der Waals surface area contributed by atoms with Crippen molar-refractivity contribution in [2.45, 2.75) is 25.3 Å². The summed E-state index contributed by atoms with van der Waals surface area (Å²) in [6.07, 6.45) is 5.19. The first-order valence-electron chi connectivity index (χ1n) is 6.65. The zero-order valence-corrected chi connectivity index (χ0v) is 10.4. The topological polar surface area (TPSA) is 62.2 Å². The highest BCUT2D eigenvalue weighted by atomic mass is 16.2. The number of piperidine rings is 1. The van der Waals surface area contributed by atoms with Crippen LogP contribution in [0.25, 0.3) is 0 Å². The van der Waals surface area contributed by atoms with E-state index in [1.165, 1.54) is 6.42 Å². The van der Waals surface area contributed by atoms with Crippen LogP contribution in [-0.2, 0) is 0 Å². The van der Waals surface area contributed by atoms with E-state index in [2.05, 4.69) is 15.7 Å². The molecule has 1 aromatic heterocycles. The maximum Gasteiger partial charge on any atom is 0.322 e. The van der Waals surface area contributed by atoms with Crippen molar-refractivity contribution in [2.75, 3.05) is 31.5 Å². The zero-order chi connectivity index (χ0) is 12.4. The summed E-state index contributed by atoms with van der Waals surface area (Å²) in [5.74, 6) is 0.803. The Labute approximate surface area is 106 Å². The van der Waals surface area contributed by atoms with Crippen LogP contribution in [0.5, 0.6) is 0 Å². The Morgan fingerprint density at radius 3 is 2.78 bits per heavy atom. The predicted octanol–water partition coefficient (Wildman–Crippen LogP) is 1.05. The Bertz CT molecular complexity index is 420. The molecule has 0 bridgehead atoms. The molecule has 18 heavy (non-hydrogen) atoms. The number of likely N-dealkylation sites (tertiary alicyclic amines) is 1. The Hall–Kier alpha value is -1.56. The number of hydrogen-bond acceptors (Lipinski definition) is 3. The molecule has 2 fully saturated rings. The van der Waals surface area contributed by atoms with Gasteiger partial charge in [0, 0.05) is 32.2 Å². The molecular formula is C12H19N5O. The van der Waals surface area contributed by atoms with Crippen molar-refractivity contribution in [2.24, 2.45) is 0 Å². The maximum absolute atomic E-state index is 12.1. The van der Waals surface area contributed by atoms with Crippen LogP contribution in [0.15, 0.2) is 12.3 Å². The highest BCUT2D eigenvalue weighted by Gasteiger charge is 2.23. The normalized spacial score (nSPS) is 20.6. The quantitative estimate of drug-likeness (QED) is 0.823. The number of nitrogens with one attached hydrogen (secondary N) is 2. The van der Waals surface area contributed by atoms with Gasteiger partial charge in [-0.15, -0.1) is 0 Å². The van der Waals surface area contributed by atoms with E-state index in [-0.39, 0.29) is 6.03 Å². The molecule has 3 heterocycles. The van der Waals surface area contributed by atoms with Gasteiger partial charge in [0.05, 0.1) is 12.2 Å². The van der Waals surface area contributed by atoms with Crippen molar-refractivity contribution >= 4 is 11.8 Å². The highest BCUT2D eigenvalue weighted by Crippen LogP contribution is 2.18. The van der Waals surface area contributed by atoms with Crippen molar-refractivity contribution in [3.8, 4) is 0 Å². The number of carbonyl (C=O) groups is 1. The number of amides is 2. The smallest absolute Gasteiger partial charge is 0.322 e. The summed E-state index contributed by atoms with van der Waals surface area (Å²) in [6, 6.07) is 2.24. The number of carbonyl (C=O) groups excluding carboxylic acids is 1. The van der Waals surface area contributed by atoms with Gasteiger partial charge in [-0.3, -0.25) is 5.32 Å². The van der Waals surface area contributed by atoms with E-state index in [9.17, 15) is 4.79 Å². The predicted molar refractivity (Wildman–Crippen MR) is 68.6 cm³/mol. The minimum absolute atomic E-state index is 0.00346. The minimum atomic E-state index is 0.00346. The van der Waals surface area contributed by atoms with Gasteiger partial charge in [0.2, 0.25) is 0 Å². The number of rotatable bonds is 2. The third kappa shape index (κ3) is 2.20. The summed E-state index contributed by atoms with van der Waals surface area (Å²) in [6.45, 7) is 3.58.